The van der Waals surface area contributed by atoms with E-state index in [1.165, 1.54) is 0 Å². The van der Waals surface area contributed by atoms with Crippen LogP contribution in [0.5, 0.6) is 0 Å². The Balaban J connectivity index is 1.92. The molecular formula is C14H20N4O. The lowest BCUT2D eigenvalue weighted by Crippen LogP contribution is -2.41. The number of nitrogens with one attached hydrogen (secondary N) is 1. The van der Waals surface area contributed by atoms with E-state index in [1.807, 2.05) is 28.9 Å². The molecule has 3 N–H and O–H groups in total. The van der Waals surface area contributed by atoms with E-state index in [2.05, 4.69) is 24.1 Å². The molecular weight excluding hydrogens is 240 g/mol. The molecule has 0 saturated heterocycles. The second-order valence-corrected chi connectivity index (χ2v) is 5.18. The molecule has 5 heteroatoms. The standard InChI is InChI=1S/C14H20N4O/c1-10(2)7-12(15)14(19)17-9-11-3-5-18-6-4-16-13(18)8-11/h3-6,8,10,12H,7,9,15H2,1-2H3,(H,17,19)/t12-/m0/s1. The fourth-order valence-corrected chi connectivity index (χ4v) is 2.00. The van der Waals surface area contributed by atoms with Crippen molar-refractivity contribution in [2.24, 2.45) is 11.7 Å². The summed E-state index contributed by atoms with van der Waals surface area (Å²) in [4.78, 5) is 16.0. The molecule has 0 aliphatic carbocycles. The van der Waals surface area contributed by atoms with Gasteiger partial charge in [0.2, 0.25) is 5.91 Å². The number of amides is 1. The second kappa shape index (κ2) is 5.84. The predicted octanol–water partition coefficient (Wildman–Crippen LogP) is 1.32. The van der Waals surface area contributed by atoms with Crippen LogP contribution in [0.4, 0.5) is 0 Å². The Hall–Kier alpha value is -1.88. The van der Waals surface area contributed by atoms with Gasteiger partial charge in [0.15, 0.2) is 0 Å². The molecule has 0 radical (unpaired) electrons. The van der Waals surface area contributed by atoms with Crippen LogP contribution >= 0.6 is 0 Å². The number of pyridine rings is 1. The first-order valence-electron chi connectivity index (χ1n) is 6.51. The van der Waals surface area contributed by atoms with Gasteiger partial charge in [-0.25, -0.2) is 4.98 Å². The molecule has 2 rings (SSSR count). The number of aromatic nitrogens is 2. The van der Waals surface area contributed by atoms with Crippen LogP contribution in [0.3, 0.4) is 0 Å². The van der Waals surface area contributed by atoms with Gasteiger partial charge >= 0.3 is 0 Å². The number of fused-ring (bicyclic) bond motifs is 1. The topological polar surface area (TPSA) is 72.4 Å². The Labute approximate surface area is 112 Å². The Morgan fingerprint density at radius 1 is 1.47 bits per heavy atom. The molecule has 1 atom stereocenters. The van der Waals surface area contributed by atoms with E-state index >= 15 is 0 Å². The number of nitrogens with two attached hydrogens (primary N) is 1. The lowest BCUT2D eigenvalue weighted by Gasteiger charge is -2.14. The molecule has 2 heterocycles. The monoisotopic (exact) mass is 260 g/mol. The van der Waals surface area contributed by atoms with Crippen LogP contribution < -0.4 is 11.1 Å². The minimum absolute atomic E-state index is 0.100. The van der Waals surface area contributed by atoms with Crippen LogP contribution in [0.2, 0.25) is 0 Å². The first-order valence-corrected chi connectivity index (χ1v) is 6.51. The molecule has 2 aromatic rings. The van der Waals surface area contributed by atoms with Crippen LogP contribution in [0, 0.1) is 5.92 Å². The molecule has 0 bridgehead atoms. The van der Waals surface area contributed by atoms with Gasteiger partial charge in [0.1, 0.15) is 5.65 Å². The number of imidazole rings is 1. The first-order chi connectivity index (χ1) is 9.06. The number of nitrogens with zero attached hydrogens (tertiary/aromatic N) is 2. The van der Waals surface area contributed by atoms with Gasteiger partial charge in [-0.3, -0.25) is 4.79 Å². The molecule has 102 valence electrons. The van der Waals surface area contributed by atoms with Crippen LogP contribution in [0.15, 0.2) is 30.7 Å². The summed E-state index contributed by atoms with van der Waals surface area (Å²) >= 11 is 0. The molecule has 5 nitrogen and oxygen atoms in total. The van der Waals surface area contributed by atoms with Crippen molar-refractivity contribution in [1.82, 2.24) is 14.7 Å². The summed E-state index contributed by atoms with van der Waals surface area (Å²) in [6.07, 6.45) is 6.26. The molecule has 0 aliphatic rings. The van der Waals surface area contributed by atoms with Crippen molar-refractivity contribution in [2.75, 3.05) is 0 Å². The zero-order valence-corrected chi connectivity index (χ0v) is 11.3. The summed E-state index contributed by atoms with van der Waals surface area (Å²) in [5.41, 5.74) is 7.72. The number of carbonyl (C=O) groups excluding carboxylic acids is 1. The number of rotatable bonds is 5. The van der Waals surface area contributed by atoms with Crippen molar-refractivity contribution < 1.29 is 4.79 Å². The lowest BCUT2D eigenvalue weighted by molar-refractivity contribution is -0.122. The first kappa shape index (κ1) is 13.5. The fourth-order valence-electron chi connectivity index (χ4n) is 2.00. The minimum atomic E-state index is -0.435. The molecule has 19 heavy (non-hydrogen) atoms. The van der Waals surface area contributed by atoms with E-state index in [4.69, 9.17) is 5.73 Å². The third-order valence-corrected chi connectivity index (χ3v) is 2.99. The Morgan fingerprint density at radius 2 is 2.26 bits per heavy atom. The van der Waals surface area contributed by atoms with E-state index < -0.39 is 6.04 Å². The normalized spacial score (nSPS) is 12.8. The summed E-state index contributed by atoms with van der Waals surface area (Å²) in [5.74, 6) is 0.318. The van der Waals surface area contributed by atoms with Gasteiger partial charge in [-0.2, -0.15) is 0 Å². The molecule has 2 aromatic heterocycles. The highest BCUT2D eigenvalue weighted by Gasteiger charge is 2.14. The van der Waals surface area contributed by atoms with Gasteiger partial charge < -0.3 is 15.5 Å². The molecule has 0 aromatic carbocycles. The minimum Gasteiger partial charge on any atom is -0.351 e. The third-order valence-electron chi connectivity index (χ3n) is 2.99. The van der Waals surface area contributed by atoms with Gasteiger partial charge in [0, 0.05) is 25.1 Å². The van der Waals surface area contributed by atoms with E-state index in [-0.39, 0.29) is 5.91 Å². The summed E-state index contributed by atoms with van der Waals surface area (Å²) in [6, 6.07) is 3.48. The van der Waals surface area contributed by atoms with Crippen LogP contribution in [-0.4, -0.2) is 21.3 Å². The smallest absolute Gasteiger partial charge is 0.237 e. The van der Waals surface area contributed by atoms with Crippen molar-refractivity contribution >= 4 is 11.6 Å². The molecule has 0 saturated carbocycles. The highest BCUT2D eigenvalue weighted by molar-refractivity contribution is 5.81. The zero-order valence-electron chi connectivity index (χ0n) is 11.3. The van der Waals surface area contributed by atoms with Crippen molar-refractivity contribution in [2.45, 2.75) is 32.9 Å². The highest BCUT2D eigenvalue weighted by Crippen LogP contribution is 2.06. The Kier molecular flexibility index (Phi) is 4.16. The molecule has 0 spiro atoms. The average Bonchev–Trinajstić information content (AvgIpc) is 2.82. The number of hydrogen-bond acceptors (Lipinski definition) is 3. The van der Waals surface area contributed by atoms with Crippen molar-refractivity contribution in [3.05, 3.63) is 36.3 Å². The number of hydrogen-bond donors (Lipinski definition) is 2. The summed E-state index contributed by atoms with van der Waals surface area (Å²) in [7, 11) is 0. The SMILES string of the molecule is CC(C)C[C@H](N)C(=O)NCc1ccn2ccnc2c1. The van der Waals surface area contributed by atoms with Gasteiger partial charge in [-0.05, 0) is 30.0 Å². The van der Waals surface area contributed by atoms with Crippen LogP contribution in [0.1, 0.15) is 25.8 Å². The molecule has 0 unspecified atom stereocenters. The van der Waals surface area contributed by atoms with E-state index in [1.54, 1.807) is 6.20 Å². The predicted molar refractivity (Wildman–Crippen MR) is 74.5 cm³/mol. The number of carbonyl (C=O) groups is 1. The zero-order chi connectivity index (χ0) is 13.8. The van der Waals surface area contributed by atoms with Gasteiger partial charge in [0.05, 0.1) is 6.04 Å². The van der Waals surface area contributed by atoms with Gasteiger partial charge in [-0.15, -0.1) is 0 Å². The van der Waals surface area contributed by atoms with Crippen LogP contribution in [0.25, 0.3) is 5.65 Å². The Bertz CT molecular complexity index is 561. The summed E-state index contributed by atoms with van der Waals surface area (Å²) < 4.78 is 1.93. The second-order valence-electron chi connectivity index (χ2n) is 5.18. The quantitative estimate of drug-likeness (QED) is 0.851. The highest BCUT2D eigenvalue weighted by atomic mass is 16.2. The maximum atomic E-state index is 11.8. The summed E-state index contributed by atoms with van der Waals surface area (Å²) in [5, 5.41) is 2.86. The van der Waals surface area contributed by atoms with E-state index in [0.717, 1.165) is 11.2 Å². The third kappa shape index (κ3) is 3.54. The van der Waals surface area contributed by atoms with Crippen molar-refractivity contribution in [3.63, 3.8) is 0 Å². The molecule has 1 amide bonds. The largest absolute Gasteiger partial charge is 0.351 e. The van der Waals surface area contributed by atoms with Gasteiger partial charge in [-0.1, -0.05) is 13.8 Å². The van der Waals surface area contributed by atoms with Crippen molar-refractivity contribution in [3.8, 4) is 0 Å². The van der Waals surface area contributed by atoms with Gasteiger partial charge in [0.25, 0.3) is 0 Å². The maximum Gasteiger partial charge on any atom is 0.237 e. The Morgan fingerprint density at radius 3 is 3.00 bits per heavy atom. The van der Waals surface area contributed by atoms with E-state index in [9.17, 15) is 4.79 Å². The molecule has 0 fully saturated rings. The van der Waals surface area contributed by atoms with E-state index in [0.29, 0.717) is 18.9 Å². The lowest BCUT2D eigenvalue weighted by atomic mass is 10.0. The van der Waals surface area contributed by atoms with Crippen LogP contribution in [-0.2, 0) is 11.3 Å². The maximum absolute atomic E-state index is 11.8. The van der Waals surface area contributed by atoms with Crippen molar-refractivity contribution in [1.29, 1.82) is 0 Å². The summed E-state index contributed by atoms with van der Waals surface area (Å²) in [6.45, 7) is 4.59. The average molecular weight is 260 g/mol. The fraction of sp³-hybridized carbons (Fsp3) is 0.429. The molecule has 0 aliphatic heterocycles.